The molecule has 7 aliphatic heterocycles. The summed E-state index contributed by atoms with van der Waals surface area (Å²) in [6.07, 6.45) is -2.99. The SMILES string of the molecule is CC1(C)OB(O)c2ccc(C3=NOC(C)(c4cc(Cl)c(Cl)c(Cl)c4)C3)cc21.CC1(c2cc(Cl)c(F)c(Cl)c2)CC(c2ccc3c(c2)COC32CN(C(=O)CS(C)(=O)=O)C2)=NO1.CCNC(=O)CCC(=O)c1ccc(C2=NOC(C)(c3cc(Cl)cc(Cl)c3)C2)cc1C.Cc1cc(C2=NOC(C)(c3cc(Cl)c(Cl)c(Cl)c3)C2)sc1C(=O)NCC(=O)CCC(F)(F)F. The summed E-state index contributed by atoms with van der Waals surface area (Å²) in [5.74, 6) is -2.99. The number of hydrogen-bond donors (Lipinski definition) is 3. The van der Waals surface area contributed by atoms with E-state index >= 15 is 0 Å². The second kappa shape index (κ2) is 37.6. The van der Waals surface area contributed by atoms with Crippen LogP contribution in [0.25, 0.3) is 0 Å². The number of amides is 3. The molecule has 0 saturated carbocycles. The standard InChI is InChI=1S/C23H21Cl2FN2O5S.C23H24Cl2N2O3.C21H18Cl3F3N2O3S.C19H17BCl3NO3/c1-22(15-6-17(24)21(26)18(25)7-15)8-19(27-33-22)13-3-4-16-14(5-13)9-32-23(16)11-28(12-23)20(29)10-34(2,30)31;1-4-26-22(29)8-7-21(28)19-6-5-15(9-14(19)2)20-13-23(3,30-27-20)16-10-17(24)12-18(25)11-16;1-10-5-16(33-18(10)19(31)28-9-12(30)3-4-21(25,26)27)15-8-20(2,32-29-15)11-6-13(22)17(24)14(23)7-11;1-18(2)12-6-10(4-5-13(12)20(25)26-18)16-9-19(3,27-24-16)11-7-14(21)17(23)15(22)8-11/h3-7H,8-12H2,1-2H3;5-6,9-12H,4,7-8,13H2,1-3H3,(H,26,29);5-7H,3-4,8-9H2,1-2H3,(H,28,31);4-8,25H,9H2,1-3H3. The topological polar surface area (TPSA) is 272 Å². The Morgan fingerprint density at radius 2 is 1.04 bits per heavy atom. The van der Waals surface area contributed by atoms with Crippen molar-refractivity contribution < 1.29 is 83.7 Å². The summed E-state index contributed by atoms with van der Waals surface area (Å²) >= 11 is 62.0. The average Bonchev–Trinajstić information content (AvgIpc) is 1.55. The molecule has 8 heterocycles. The summed E-state index contributed by atoms with van der Waals surface area (Å²) in [4.78, 5) is 85.9. The molecule has 124 heavy (non-hydrogen) atoms. The number of alkyl halides is 3. The Morgan fingerprint density at radius 3 is 1.54 bits per heavy atom. The van der Waals surface area contributed by atoms with E-state index < -0.39 is 105 Å². The summed E-state index contributed by atoms with van der Waals surface area (Å²) < 4.78 is 85.0. The molecule has 3 amide bonds. The van der Waals surface area contributed by atoms with Crippen LogP contribution in [0.3, 0.4) is 0 Å². The fraction of sp³-hybridized carbons (Fsp3) is 0.360. The molecule has 15 rings (SSSR count). The molecule has 1 aromatic heterocycles. The van der Waals surface area contributed by atoms with E-state index in [2.05, 4.69) is 31.3 Å². The van der Waals surface area contributed by atoms with Crippen molar-refractivity contribution in [3.63, 3.8) is 0 Å². The zero-order valence-corrected chi connectivity index (χ0v) is 77.2. The zero-order chi connectivity index (χ0) is 90.5. The number of nitrogens with zero attached hydrogens (tertiary/aromatic N) is 5. The van der Waals surface area contributed by atoms with Crippen LogP contribution in [-0.2, 0) is 93.2 Å². The molecule has 0 radical (unpaired) electrons. The molecule has 7 aromatic carbocycles. The largest absolute Gasteiger partial charge is 0.492 e. The first-order chi connectivity index (χ1) is 58.0. The highest BCUT2D eigenvalue weighted by molar-refractivity contribution is 7.91. The van der Waals surface area contributed by atoms with Gasteiger partial charge in [-0.3, -0.25) is 24.0 Å². The average molecular weight is 1940 g/mol. The number of ether oxygens (including phenoxy) is 1. The van der Waals surface area contributed by atoms with Crippen molar-refractivity contribution in [1.82, 2.24) is 15.5 Å². The minimum absolute atomic E-state index is 0.0479. The highest BCUT2D eigenvalue weighted by Crippen LogP contribution is 2.49. The Morgan fingerprint density at radius 1 is 0.573 bits per heavy atom. The van der Waals surface area contributed by atoms with Gasteiger partial charge in [0.05, 0.1) is 105 Å². The van der Waals surface area contributed by atoms with E-state index in [1.165, 1.54) is 17.0 Å². The number of benzene rings is 7. The van der Waals surface area contributed by atoms with Gasteiger partial charge in [0.15, 0.2) is 49.6 Å². The number of rotatable bonds is 20. The van der Waals surface area contributed by atoms with E-state index in [0.717, 1.165) is 90.3 Å². The number of thiophene rings is 1. The number of hydrogen-bond acceptors (Lipinski definition) is 19. The van der Waals surface area contributed by atoms with E-state index in [1.807, 2.05) is 116 Å². The molecule has 21 nitrogen and oxygen atoms in total. The molecule has 4 atom stereocenters. The number of ketones is 2. The van der Waals surface area contributed by atoms with Crippen molar-refractivity contribution in [2.45, 2.75) is 160 Å². The molecular formula is C86H80BCl10F4N7O14S2. The molecule has 4 unspecified atom stereocenters. The number of fused-ring (bicyclic) bond motifs is 3. The lowest BCUT2D eigenvalue weighted by atomic mass is 9.77. The molecule has 656 valence electrons. The van der Waals surface area contributed by atoms with Crippen LogP contribution in [0.2, 0.25) is 50.2 Å². The molecule has 1 saturated heterocycles. The van der Waals surface area contributed by atoms with Gasteiger partial charge in [0.1, 0.15) is 17.1 Å². The van der Waals surface area contributed by atoms with Crippen LogP contribution in [0.5, 0.6) is 0 Å². The number of carbonyl (C=O) groups excluding carboxylic acids is 5. The van der Waals surface area contributed by atoms with Crippen LogP contribution in [0.1, 0.15) is 192 Å². The lowest BCUT2D eigenvalue weighted by Crippen LogP contribution is -2.62. The summed E-state index contributed by atoms with van der Waals surface area (Å²) in [6.45, 7) is 18.0. The molecule has 7 aliphatic rings. The maximum Gasteiger partial charge on any atom is 0.492 e. The van der Waals surface area contributed by atoms with Gasteiger partial charge >= 0.3 is 13.3 Å². The van der Waals surface area contributed by atoms with Crippen molar-refractivity contribution >= 4 is 202 Å². The number of nitrogens with one attached hydrogen (secondary N) is 2. The van der Waals surface area contributed by atoms with Crippen molar-refractivity contribution in [2.75, 3.05) is 38.2 Å². The Balaban J connectivity index is 0.000000151. The van der Waals surface area contributed by atoms with Crippen molar-refractivity contribution in [2.24, 2.45) is 20.6 Å². The first-order valence-electron chi connectivity index (χ1n) is 38.5. The molecule has 0 bridgehead atoms. The Bertz CT molecular complexity index is 5810. The molecule has 1 fully saturated rings. The van der Waals surface area contributed by atoms with Gasteiger partial charge in [-0.05, 0) is 191 Å². The zero-order valence-electron chi connectivity index (χ0n) is 68.0. The summed E-state index contributed by atoms with van der Waals surface area (Å²) in [7, 11) is -4.29. The van der Waals surface area contributed by atoms with Crippen LogP contribution in [0.15, 0.2) is 136 Å². The monoisotopic (exact) mass is 1940 g/mol. The lowest BCUT2D eigenvalue weighted by molar-refractivity contribution is -0.166. The molecule has 3 N–H and O–H groups in total. The lowest BCUT2D eigenvalue weighted by Gasteiger charge is -2.47. The smallest absolute Gasteiger partial charge is 0.423 e. The Hall–Kier alpha value is -7.62. The fourth-order valence-corrected chi connectivity index (χ4v) is 18.8. The minimum Gasteiger partial charge on any atom is -0.423 e. The van der Waals surface area contributed by atoms with Gasteiger partial charge in [0.2, 0.25) is 11.8 Å². The van der Waals surface area contributed by atoms with E-state index in [0.29, 0.717) is 115 Å². The normalized spacial score (nSPS) is 20.5. The third kappa shape index (κ3) is 21.7. The van der Waals surface area contributed by atoms with Crippen molar-refractivity contribution in [1.29, 1.82) is 0 Å². The maximum absolute atomic E-state index is 13.8. The molecule has 8 aromatic rings. The van der Waals surface area contributed by atoms with Crippen LogP contribution in [0.4, 0.5) is 17.6 Å². The summed E-state index contributed by atoms with van der Waals surface area (Å²) in [6, 6.07) is 34.2. The number of carbonyl (C=O) groups is 5. The Labute approximate surface area is 767 Å². The molecule has 1 spiro atoms. The van der Waals surface area contributed by atoms with Crippen molar-refractivity contribution in [3.05, 3.63) is 253 Å². The van der Waals surface area contributed by atoms with Crippen molar-refractivity contribution in [3.8, 4) is 0 Å². The number of sulfone groups is 1. The highest BCUT2D eigenvalue weighted by Gasteiger charge is 2.53. The van der Waals surface area contributed by atoms with Crippen LogP contribution < -0.4 is 16.1 Å². The van der Waals surface area contributed by atoms with Gasteiger partial charge < -0.3 is 49.3 Å². The predicted molar refractivity (Wildman–Crippen MR) is 477 cm³/mol. The van der Waals surface area contributed by atoms with E-state index in [9.17, 15) is 55.0 Å². The van der Waals surface area contributed by atoms with Gasteiger partial charge in [-0.2, -0.15) is 13.2 Å². The molecule has 0 aliphatic carbocycles. The summed E-state index contributed by atoms with van der Waals surface area (Å²) in [5, 5.41) is 35.0. The van der Waals surface area contributed by atoms with Crippen LogP contribution in [0, 0.1) is 19.7 Å². The van der Waals surface area contributed by atoms with Gasteiger partial charge in [-0.15, -0.1) is 11.3 Å². The minimum atomic E-state index is -4.42. The van der Waals surface area contributed by atoms with Crippen LogP contribution >= 0.6 is 127 Å². The number of aryl methyl sites for hydroxylation is 2. The molecule has 38 heteroatoms. The van der Waals surface area contributed by atoms with Gasteiger partial charge in [-0.25, -0.2) is 12.8 Å². The van der Waals surface area contributed by atoms with Crippen LogP contribution in [-0.4, -0.2) is 122 Å². The fourth-order valence-electron chi connectivity index (χ4n) is 14.9. The number of oxime groups is 4. The molecular weight excluding hydrogens is 1860 g/mol. The first kappa shape index (κ1) is 95.5. The number of halogens is 14. The third-order valence-electron chi connectivity index (χ3n) is 21.8. The first-order valence-corrected chi connectivity index (χ1v) is 45.2. The highest BCUT2D eigenvalue weighted by atomic mass is 35.5. The summed E-state index contributed by atoms with van der Waals surface area (Å²) in [5.41, 5.74) is 10.1. The van der Waals surface area contributed by atoms with Gasteiger partial charge in [-0.1, -0.05) is 173 Å². The predicted octanol–water partition coefficient (Wildman–Crippen LogP) is 20.6. The van der Waals surface area contributed by atoms with Gasteiger partial charge in [0, 0.05) is 95.6 Å². The maximum atomic E-state index is 13.8. The van der Waals surface area contributed by atoms with E-state index in [1.54, 1.807) is 49.4 Å². The van der Waals surface area contributed by atoms with Gasteiger partial charge in [0.25, 0.3) is 5.91 Å². The van der Waals surface area contributed by atoms with E-state index in [-0.39, 0.29) is 49.6 Å². The Kier molecular flexibility index (Phi) is 29.0. The third-order valence-corrected chi connectivity index (χ3v) is 27.3. The second-order valence-corrected chi connectivity index (χ2v) is 39.5. The quantitative estimate of drug-likeness (QED) is 0.0277. The number of likely N-dealkylation sites (tertiary alicyclic amines) is 1. The second-order valence-electron chi connectivity index (χ2n) is 32.2. The number of Topliss-reactive ketones (excluding diaryl/α,β-unsaturated/α-hetero) is 2. The van der Waals surface area contributed by atoms with E-state index in [4.69, 9.17) is 145 Å².